The summed E-state index contributed by atoms with van der Waals surface area (Å²) >= 11 is 5.92. The van der Waals surface area contributed by atoms with Gasteiger partial charge in [-0.1, -0.05) is 11.6 Å². The Hall–Kier alpha value is -1.88. The molecule has 0 saturated heterocycles. The SMILES string of the molecule is Cc1cc(Cl)cc(C)c1Oc1ccc(C(F)(F)F)cc1N. The smallest absolute Gasteiger partial charge is 0.416 e. The normalized spacial score (nSPS) is 11.5. The van der Waals surface area contributed by atoms with Gasteiger partial charge in [0.1, 0.15) is 11.5 Å². The van der Waals surface area contributed by atoms with Crippen molar-refractivity contribution in [1.29, 1.82) is 0 Å². The average Bonchev–Trinajstić information content (AvgIpc) is 2.33. The maximum absolute atomic E-state index is 12.6. The number of hydrogen-bond donors (Lipinski definition) is 1. The molecule has 0 aliphatic rings. The first kappa shape index (κ1) is 15.5. The van der Waals surface area contributed by atoms with Crippen LogP contribution in [-0.4, -0.2) is 0 Å². The fourth-order valence-corrected chi connectivity index (χ4v) is 2.31. The fourth-order valence-electron chi connectivity index (χ4n) is 1.99. The molecule has 2 rings (SSSR count). The van der Waals surface area contributed by atoms with E-state index < -0.39 is 11.7 Å². The van der Waals surface area contributed by atoms with Crippen LogP contribution in [0.25, 0.3) is 0 Å². The van der Waals surface area contributed by atoms with Crippen LogP contribution >= 0.6 is 11.6 Å². The first-order chi connectivity index (χ1) is 9.68. The number of halogens is 4. The Morgan fingerprint density at radius 1 is 1.05 bits per heavy atom. The van der Waals surface area contributed by atoms with E-state index in [0.717, 1.165) is 23.3 Å². The Bertz CT molecular complexity index is 660. The molecule has 6 heteroatoms. The number of ether oxygens (including phenoxy) is 1. The summed E-state index contributed by atoms with van der Waals surface area (Å²) < 4.78 is 43.4. The van der Waals surface area contributed by atoms with Gasteiger partial charge in [-0.15, -0.1) is 0 Å². The summed E-state index contributed by atoms with van der Waals surface area (Å²) in [5, 5.41) is 0.567. The van der Waals surface area contributed by atoms with E-state index in [4.69, 9.17) is 22.1 Å². The van der Waals surface area contributed by atoms with E-state index in [0.29, 0.717) is 10.8 Å². The molecular weight excluding hydrogens is 303 g/mol. The Labute approximate surface area is 125 Å². The molecule has 0 aliphatic heterocycles. The Morgan fingerprint density at radius 3 is 2.10 bits per heavy atom. The van der Waals surface area contributed by atoms with E-state index >= 15 is 0 Å². The number of nitrogen functional groups attached to an aromatic ring is 1. The molecule has 21 heavy (non-hydrogen) atoms. The predicted octanol–water partition coefficient (Wildman–Crippen LogP) is 5.35. The van der Waals surface area contributed by atoms with Crippen LogP contribution in [0.5, 0.6) is 11.5 Å². The number of alkyl halides is 3. The van der Waals surface area contributed by atoms with Gasteiger partial charge >= 0.3 is 6.18 Å². The molecule has 0 fully saturated rings. The number of benzene rings is 2. The van der Waals surface area contributed by atoms with Crippen LogP contribution in [0.2, 0.25) is 5.02 Å². The van der Waals surface area contributed by atoms with Gasteiger partial charge in [0, 0.05) is 5.02 Å². The molecule has 0 heterocycles. The average molecular weight is 316 g/mol. The number of nitrogens with two attached hydrogens (primary N) is 1. The van der Waals surface area contributed by atoms with Gasteiger partial charge in [-0.2, -0.15) is 13.2 Å². The second kappa shape index (κ2) is 5.48. The maximum Gasteiger partial charge on any atom is 0.416 e. The van der Waals surface area contributed by atoms with E-state index in [9.17, 15) is 13.2 Å². The van der Waals surface area contributed by atoms with Crippen molar-refractivity contribution in [3.8, 4) is 11.5 Å². The molecule has 0 aliphatic carbocycles. The molecule has 0 bridgehead atoms. The molecule has 0 amide bonds. The molecule has 2 nitrogen and oxygen atoms in total. The summed E-state index contributed by atoms with van der Waals surface area (Å²) in [6.07, 6.45) is -4.43. The second-order valence-corrected chi connectivity index (χ2v) is 5.16. The molecule has 2 aromatic carbocycles. The van der Waals surface area contributed by atoms with Crippen molar-refractivity contribution < 1.29 is 17.9 Å². The minimum atomic E-state index is -4.43. The summed E-state index contributed by atoms with van der Waals surface area (Å²) in [6, 6.07) is 6.43. The third-order valence-corrected chi connectivity index (χ3v) is 3.19. The summed E-state index contributed by atoms with van der Waals surface area (Å²) in [6.45, 7) is 3.60. The van der Waals surface area contributed by atoms with Crippen molar-refractivity contribution in [2.24, 2.45) is 0 Å². The highest BCUT2D eigenvalue weighted by atomic mass is 35.5. The fraction of sp³-hybridized carbons (Fsp3) is 0.200. The quantitative estimate of drug-likeness (QED) is 0.758. The van der Waals surface area contributed by atoms with Crippen LogP contribution in [0, 0.1) is 13.8 Å². The largest absolute Gasteiger partial charge is 0.455 e. The molecule has 112 valence electrons. The standard InChI is InChI=1S/C15H13ClF3NO/c1-8-5-11(16)6-9(2)14(8)21-13-4-3-10(7-12(13)20)15(17,18)19/h3-7H,20H2,1-2H3. The number of aryl methyl sites for hydroxylation is 2. The van der Waals surface area contributed by atoms with Crippen molar-refractivity contribution in [3.05, 3.63) is 52.0 Å². The molecule has 0 atom stereocenters. The third-order valence-electron chi connectivity index (χ3n) is 2.97. The lowest BCUT2D eigenvalue weighted by molar-refractivity contribution is -0.137. The predicted molar refractivity (Wildman–Crippen MR) is 76.9 cm³/mol. The molecule has 0 spiro atoms. The topological polar surface area (TPSA) is 35.2 Å². The highest BCUT2D eigenvalue weighted by molar-refractivity contribution is 6.30. The zero-order chi connectivity index (χ0) is 15.8. The van der Waals surface area contributed by atoms with E-state index in [1.165, 1.54) is 6.07 Å². The van der Waals surface area contributed by atoms with Gasteiger partial charge in [-0.25, -0.2) is 0 Å². The number of anilines is 1. The minimum absolute atomic E-state index is 0.0708. The lowest BCUT2D eigenvalue weighted by atomic mass is 10.1. The lowest BCUT2D eigenvalue weighted by Gasteiger charge is -2.15. The van der Waals surface area contributed by atoms with Crippen molar-refractivity contribution in [2.45, 2.75) is 20.0 Å². The van der Waals surface area contributed by atoms with Gasteiger partial charge in [0.05, 0.1) is 11.3 Å². The van der Waals surface area contributed by atoms with Gasteiger partial charge in [-0.3, -0.25) is 0 Å². The van der Waals surface area contributed by atoms with E-state index in [-0.39, 0.29) is 11.4 Å². The van der Waals surface area contributed by atoms with Crippen molar-refractivity contribution in [2.75, 3.05) is 5.73 Å². The Balaban J connectivity index is 2.37. The monoisotopic (exact) mass is 315 g/mol. The summed E-state index contributed by atoms with van der Waals surface area (Å²) in [5.74, 6) is 0.711. The molecule has 0 unspecified atom stereocenters. The minimum Gasteiger partial charge on any atom is -0.455 e. The van der Waals surface area contributed by atoms with Crippen LogP contribution in [0.15, 0.2) is 30.3 Å². The van der Waals surface area contributed by atoms with Gasteiger partial charge in [-0.05, 0) is 55.3 Å². The molecule has 2 N–H and O–H groups in total. The number of hydrogen-bond acceptors (Lipinski definition) is 2. The maximum atomic E-state index is 12.6. The van der Waals surface area contributed by atoms with Crippen LogP contribution in [0.4, 0.5) is 18.9 Å². The third kappa shape index (κ3) is 3.42. The molecule has 0 radical (unpaired) electrons. The van der Waals surface area contributed by atoms with Gasteiger partial charge < -0.3 is 10.5 Å². The first-order valence-corrected chi connectivity index (χ1v) is 6.47. The zero-order valence-electron chi connectivity index (χ0n) is 11.4. The zero-order valence-corrected chi connectivity index (χ0v) is 12.1. The van der Waals surface area contributed by atoms with Crippen LogP contribution in [0.3, 0.4) is 0 Å². The van der Waals surface area contributed by atoms with Crippen LogP contribution in [-0.2, 0) is 6.18 Å². The first-order valence-electron chi connectivity index (χ1n) is 6.10. The highest BCUT2D eigenvalue weighted by Gasteiger charge is 2.31. The van der Waals surface area contributed by atoms with Crippen molar-refractivity contribution >= 4 is 17.3 Å². The van der Waals surface area contributed by atoms with Gasteiger partial charge in [0.2, 0.25) is 0 Å². The lowest BCUT2D eigenvalue weighted by Crippen LogP contribution is -2.06. The molecule has 2 aromatic rings. The summed E-state index contributed by atoms with van der Waals surface area (Å²) in [5.41, 5.74) is 6.32. The second-order valence-electron chi connectivity index (χ2n) is 4.72. The van der Waals surface area contributed by atoms with Crippen LogP contribution < -0.4 is 10.5 Å². The van der Waals surface area contributed by atoms with Crippen LogP contribution in [0.1, 0.15) is 16.7 Å². The molecular formula is C15H13ClF3NO. The van der Waals surface area contributed by atoms with E-state index in [2.05, 4.69) is 0 Å². The highest BCUT2D eigenvalue weighted by Crippen LogP contribution is 2.37. The van der Waals surface area contributed by atoms with Crippen molar-refractivity contribution in [3.63, 3.8) is 0 Å². The van der Waals surface area contributed by atoms with Gasteiger partial charge in [0.25, 0.3) is 0 Å². The Kier molecular flexibility index (Phi) is 4.05. The van der Waals surface area contributed by atoms with E-state index in [1.807, 2.05) is 0 Å². The number of rotatable bonds is 2. The Morgan fingerprint density at radius 2 is 1.62 bits per heavy atom. The molecule has 0 aromatic heterocycles. The summed E-state index contributed by atoms with van der Waals surface area (Å²) in [7, 11) is 0. The van der Waals surface area contributed by atoms with E-state index in [1.54, 1.807) is 26.0 Å². The van der Waals surface area contributed by atoms with Crippen molar-refractivity contribution in [1.82, 2.24) is 0 Å². The molecule has 0 saturated carbocycles. The summed E-state index contributed by atoms with van der Waals surface area (Å²) in [4.78, 5) is 0. The van der Waals surface area contributed by atoms with Gasteiger partial charge in [0.15, 0.2) is 0 Å².